The lowest BCUT2D eigenvalue weighted by Crippen LogP contribution is -2.34. The number of carbonyl (C=O) groups is 1. The molecule has 0 atom stereocenters. The molecule has 1 aliphatic heterocycles. The van der Waals surface area contributed by atoms with E-state index in [4.69, 9.17) is 0 Å². The molecule has 3 rings (SSSR count). The van der Waals surface area contributed by atoms with Gasteiger partial charge in [0.2, 0.25) is 10.0 Å². The van der Waals surface area contributed by atoms with E-state index in [1.54, 1.807) is 13.8 Å². The Morgan fingerprint density at radius 2 is 1.78 bits per heavy atom. The van der Waals surface area contributed by atoms with Gasteiger partial charge in [0.15, 0.2) is 5.78 Å². The summed E-state index contributed by atoms with van der Waals surface area (Å²) in [7, 11) is -3.34. The maximum absolute atomic E-state index is 12.5. The number of Topliss-reactive ketones (excluding diaryl/α,β-unsaturated/α-hetero) is 1. The van der Waals surface area contributed by atoms with E-state index in [0.717, 1.165) is 44.5 Å². The van der Waals surface area contributed by atoms with Crippen molar-refractivity contribution in [1.82, 2.24) is 4.90 Å². The van der Waals surface area contributed by atoms with Crippen LogP contribution in [0, 0.1) is 13.8 Å². The van der Waals surface area contributed by atoms with Crippen LogP contribution in [0.15, 0.2) is 42.5 Å². The van der Waals surface area contributed by atoms with Gasteiger partial charge in [0.25, 0.3) is 0 Å². The number of rotatable bonds is 9. The predicted octanol–water partition coefficient (Wildman–Crippen LogP) is 5.30. The quantitative estimate of drug-likeness (QED) is 0.520. The highest BCUT2D eigenvalue weighted by molar-refractivity contribution is 7.93. The number of ketones is 1. The summed E-state index contributed by atoms with van der Waals surface area (Å²) in [5.41, 5.74) is 5.04. The van der Waals surface area contributed by atoms with Gasteiger partial charge in [-0.05, 0) is 107 Å². The van der Waals surface area contributed by atoms with Gasteiger partial charge < -0.3 is 4.90 Å². The van der Waals surface area contributed by atoms with Crippen LogP contribution in [0.3, 0.4) is 0 Å². The fraction of sp³-hybridized carbons (Fsp3) is 0.500. The molecule has 0 spiro atoms. The first-order valence-electron chi connectivity index (χ1n) is 11.6. The molecule has 174 valence electrons. The summed E-state index contributed by atoms with van der Waals surface area (Å²) in [6.07, 6.45) is 3.56. The van der Waals surface area contributed by atoms with Crippen LogP contribution in [-0.2, 0) is 10.0 Å². The lowest BCUT2D eigenvalue weighted by molar-refractivity contribution is 0.0972. The molecule has 0 saturated carbocycles. The summed E-state index contributed by atoms with van der Waals surface area (Å²) in [6, 6.07) is 13.8. The SMILES string of the molecule is Cc1ccc(C(=O)CCCN2CCC(c3cccc(NS(=O)(=O)C(C)C)c3)CC2)cc1C. The lowest BCUT2D eigenvalue weighted by Gasteiger charge is -2.32. The van der Waals surface area contributed by atoms with E-state index in [1.165, 1.54) is 16.7 Å². The van der Waals surface area contributed by atoms with E-state index in [9.17, 15) is 13.2 Å². The zero-order chi connectivity index (χ0) is 23.3. The minimum absolute atomic E-state index is 0.226. The van der Waals surface area contributed by atoms with E-state index in [2.05, 4.69) is 22.6 Å². The number of nitrogens with zero attached hydrogens (tertiary/aromatic N) is 1. The first-order valence-corrected chi connectivity index (χ1v) is 13.1. The van der Waals surface area contributed by atoms with Crippen molar-refractivity contribution in [1.29, 1.82) is 0 Å². The minimum Gasteiger partial charge on any atom is -0.303 e. The Hall–Kier alpha value is -2.18. The summed E-state index contributed by atoms with van der Waals surface area (Å²) < 4.78 is 27.0. The number of piperidine rings is 1. The van der Waals surface area contributed by atoms with Crippen LogP contribution in [0.1, 0.15) is 72.5 Å². The monoisotopic (exact) mass is 456 g/mol. The summed E-state index contributed by atoms with van der Waals surface area (Å²) in [5, 5.41) is -0.462. The van der Waals surface area contributed by atoms with Gasteiger partial charge in [-0.2, -0.15) is 0 Å². The average molecular weight is 457 g/mol. The average Bonchev–Trinajstić information content (AvgIpc) is 2.76. The molecule has 0 amide bonds. The third kappa shape index (κ3) is 6.42. The molecule has 1 N–H and O–H groups in total. The number of likely N-dealkylation sites (tertiary alicyclic amines) is 1. The van der Waals surface area contributed by atoms with Gasteiger partial charge in [0.1, 0.15) is 0 Å². The fourth-order valence-electron chi connectivity index (χ4n) is 4.15. The van der Waals surface area contributed by atoms with E-state index >= 15 is 0 Å². The van der Waals surface area contributed by atoms with Gasteiger partial charge >= 0.3 is 0 Å². The Morgan fingerprint density at radius 3 is 2.44 bits per heavy atom. The maximum atomic E-state index is 12.5. The Balaban J connectivity index is 1.46. The standard InChI is InChI=1S/C26H36N2O3S/c1-19(2)32(30,31)27-25-8-5-7-23(18-25)22-12-15-28(16-13-22)14-6-9-26(29)24-11-10-20(3)21(4)17-24/h5,7-8,10-11,17-19,22,27H,6,9,12-16H2,1-4H3. The second kappa shape index (κ2) is 10.6. The Labute approximate surface area is 193 Å². The molecule has 6 heteroatoms. The maximum Gasteiger partial charge on any atom is 0.235 e. The van der Waals surface area contributed by atoms with Crippen molar-refractivity contribution in [2.45, 2.75) is 64.5 Å². The number of hydrogen-bond donors (Lipinski definition) is 1. The molecule has 2 aromatic rings. The van der Waals surface area contributed by atoms with Crippen molar-refractivity contribution in [2.75, 3.05) is 24.4 Å². The van der Waals surface area contributed by atoms with Crippen LogP contribution in [0.5, 0.6) is 0 Å². The van der Waals surface area contributed by atoms with E-state index in [0.29, 0.717) is 18.0 Å². The van der Waals surface area contributed by atoms with Gasteiger partial charge in [0, 0.05) is 17.7 Å². The van der Waals surface area contributed by atoms with E-state index in [-0.39, 0.29) is 5.78 Å². The number of anilines is 1. The van der Waals surface area contributed by atoms with Crippen molar-refractivity contribution < 1.29 is 13.2 Å². The molecule has 1 aliphatic rings. The topological polar surface area (TPSA) is 66.5 Å². The number of aryl methyl sites for hydroxylation is 2. The molecule has 0 aliphatic carbocycles. The molecule has 32 heavy (non-hydrogen) atoms. The number of nitrogens with one attached hydrogen (secondary N) is 1. The van der Waals surface area contributed by atoms with Crippen LogP contribution in [-0.4, -0.2) is 44.0 Å². The summed E-state index contributed by atoms with van der Waals surface area (Å²) in [6.45, 7) is 10.4. The molecule has 1 fully saturated rings. The van der Waals surface area contributed by atoms with Crippen LogP contribution >= 0.6 is 0 Å². The van der Waals surface area contributed by atoms with Crippen molar-refractivity contribution in [2.24, 2.45) is 0 Å². The molecule has 0 radical (unpaired) electrons. The lowest BCUT2D eigenvalue weighted by atomic mass is 9.89. The summed E-state index contributed by atoms with van der Waals surface area (Å²) in [5.74, 6) is 0.663. The highest BCUT2D eigenvalue weighted by Crippen LogP contribution is 2.30. The molecule has 1 heterocycles. The van der Waals surface area contributed by atoms with Crippen molar-refractivity contribution in [3.05, 3.63) is 64.7 Å². The van der Waals surface area contributed by atoms with Crippen LogP contribution in [0.2, 0.25) is 0 Å². The van der Waals surface area contributed by atoms with Crippen LogP contribution in [0.25, 0.3) is 0 Å². The number of benzene rings is 2. The Kier molecular flexibility index (Phi) is 8.12. The van der Waals surface area contributed by atoms with Gasteiger partial charge in [-0.25, -0.2) is 8.42 Å². The largest absolute Gasteiger partial charge is 0.303 e. The molecule has 2 aromatic carbocycles. The molecule has 0 unspecified atom stereocenters. The number of sulfonamides is 1. The van der Waals surface area contributed by atoms with E-state index < -0.39 is 15.3 Å². The fourth-order valence-corrected chi connectivity index (χ4v) is 4.84. The van der Waals surface area contributed by atoms with Crippen molar-refractivity contribution >= 4 is 21.5 Å². The molecule has 0 aromatic heterocycles. The number of carbonyl (C=O) groups excluding carboxylic acids is 1. The molecule has 1 saturated heterocycles. The second-order valence-corrected chi connectivity index (χ2v) is 11.5. The first kappa shape index (κ1) is 24.5. The molecule has 0 bridgehead atoms. The van der Waals surface area contributed by atoms with Crippen molar-refractivity contribution in [3.63, 3.8) is 0 Å². The zero-order valence-electron chi connectivity index (χ0n) is 19.7. The third-order valence-electron chi connectivity index (χ3n) is 6.53. The van der Waals surface area contributed by atoms with Gasteiger partial charge in [-0.3, -0.25) is 9.52 Å². The first-order chi connectivity index (χ1) is 15.2. The third-order valence-corrected chi connectivity index (χ3v) is 8.29. The highest BCUT2D eigenvalue weighted by Gasteiger charge is 2.22. The van der Waals surface area contributed by atoms with Gasteiger partial charge in [-0.15, -0.1) is 0 Å². The minimum atomic E-state index is -3.34. The van der Waals surface area contributed by atoms with E-state index in [1.807, 2.05) is 43.3 Å². The van der Waals surface area contributed by atoms with Gasteiger partial charge in [0.05, 0.1) is 5.25 Å². The number of hydrogen-bond acceptors (Lipinski definition) is 4. The Bertz CT molecular complexity index is 1040. The van der Waals surface area contributed by atoms with Crippen LogP contribution < -0.4 is 4.72 Å². The smallest absolute Gasteiger partial charge is 0.235 e. The second-order valence-electron chi connectivity index (χ2n) is 9.26. The Morgan fingerprint density at radius 1 is 1.06 bits per heavy atom. The molecular weight excluding hydrogens is 420 g/mol. The highest BCUT2D eigenvalue weighted by atomic mass is 32.2. The summed E-state index contributed by atoms with van der Waals surface area (Å²) >= 11 is 0. The summed E-state index contributed by atoms with van der Waals surface area (Å²) in [4.78, 5) is 14.9. The molecule has 5 nitrogen and oxygen atoms in total. The molecular formula is C26H36N2O3S. The predicted molar refractivity (Wildman–Crippen MR) is 132 cm³/mol. The van der Waals surface area contributed by atoms with Gasteiger partial charge in [-0.1, -0.05) is 24.3 Å². The zero-order valence-corrected chi connectivity index (χ0v) is 20.5. The van der Waals surface area contributed by atoms with Crippen LogP contribution in [0.4, 0.5) is 5.69 Å². The normalized spacial score (nSPS) is 15.8. The van der Waals surface area contributed by atoms with Crippen molar-refractivity contribution in [3.8, 4) is 0 Å².